The summed E-state index contributed by atoms with van der Waals surface area (Å²) in [6, 6.07) is 7.98. The Labute approximate surface area is 144 Å². The zero-order valence-corrected chi connectivity index (χ0v) is 15.1. The van der Waals surface area contributed by atoms with Gasteiger partial charge in [-0.05, 0) is 30.4 Å². The molecule has 5 heteroatoms. The van der Waals surface area contributed by atoms with Crippen molar-refractivity contribution in [3.05, 3.63) is 35.4 Å². The van der Waals surface area contributed by atoms with E-state index in [1.807, 2.05) is 6.92 Å². The summed E-state index contributed by atoms with van der Waals surface area (Å²) in [5.41, 5.74) is 2.51. The second kappa shape index (κ2) is 8.29. The molecule has 0 spiro atoms. The molecule has 1 aliphatic heterocycles. The van der Waals surface area contributed by atoms with E-state index < -0.39 is 6.04 Å². The largest absolute Gasteiger partial charge is 0.336 e. The van der Waals surface area contributed by atoms with Crippen LogP contribution in [-0.2, 0) is 11.2 Å². The number of imide groups is 1. The van der Waals surface area contributed by atoms with Crippen molar-refractivity contribution in [2.45, 2.75) is 52.6 Å². The zero-order chi connectivity index (χ0) is 17.7. The van der Waals surface area contributed by atoms with Crippen molar-refractivity contribution in [1.29, 1.82) is 0 Å². The summed E-state index contributed by atoms with van der Waals surface area (Å²) < 4.78 is 0. The summed E-state index contributed by atoms with van der Waals surface area (Å²) >= 11 is 0. The van der Waals surface area contributed by atoms with Gasteiger partial charge in [0.2, 0.25) is 5.91 Å². The van der Waals surface area contributed by atoms with Gasteiger partial charge in [-0.15, -0.1) is 0 Å². The third kappa shape index (κ3) is 4.35. The molecule has 2 rings (SSSR count). The standard InChI is InChI=1S/C19H29N3O2/c1-5-6-15-7-9-16(10-8-15)17(13(2)3)21-14(4)18(23)22-12-11-20-19(22)24/h7-10,13-14,17,21H,5-6,11-12H2,1-4H3,(H,20,24)/t14-,17-/m1/s1. The SMILES string of the molecule is CCCc1ccc([C@H](N[C@H](C)C(=O)N2CCNC2=O)C(C)C)cc1. The number of amides is 3. The summed E-state index contributed by atoms with van der Waals surface area (Å²) in [6.45, 7) is 9.25. The van der Waals surface area contributed by atoms with Crippen molar-refractivity contribution >= 4 is 11.9 Å². The van der Waals surface area contributed by atoms with Crippen molar-refractivity contribution in [3.63, 3.8) is 0 Å². The van der Waals surface area contributed by atoms with Gasteiger partial charge in [-0.2, -0.15) is 0 Å². The number of nitrogens with one attached hydrogen (secondary N) is 2. The van der Waals surface area contributed by atoms with Gasteiger partial charge >= 0.3 is 6.03 Å². The average molecular weight is 331 g/mol. The van der Waals surface area contributed by atoms with E-state index in [0.29, 0.717) is 19.0 Å². The lowest BCUT2D eigenvalue weighted by atomic mass is 9.94. The summed E-state index contributed by atoms with van der Waals surface area (Å²) in [5.74, 6) is 0.169. The van der Waals surface area contributed by atoms with E-state index >= 15 is 0 Å². The number of rotatable bonds is 7. The van der Waals surface area contributed by atoms with Crippen LogP contribution in [0.15, 0.2) is 24.3 Å². The number of aryl methyl sites for hydroxylation is 1. The van der Waals surface area contributed by atoms with Gasteiger partial charge < -0.3 is 5.32 Å². The molecule has 1 aromatic rings. The first kappa shape index (κ1) is 18.5. The fourth-order valence-electron chi connectivity index (χ4n) is 3.11. The summed E-state index contributed by atoms with van der Waals surface area (Å²) in [5, 5.41) is 6.08. The number of urea groups is 1. The Kier molecular flexibility index (Phi) is 6.37. The van der Waals surface area contributed by atoms with Gasteiger partial charge in [0.25, 0.3) is 0 Å². The quantitative estimate of drug-likeness (QED) is 0.807. The monoisotopic (exact) mass is 331 g/mol. The van der Waals surface area contributed by atoms with Gasteiger partial charge in [-0.1, -0.05) is 51.5 Å². The average Bonchev–Trinajstić information content (AvgIpc) is 2.98. The smallest absolute Gasteiger partial charge is 0.324 e. The molecular formula is C19H29N3O2. The summed E-state index contributed by atoms with van der Waals surface area (Å²) in [4.78, 5) is 25.5. The van der Waals surface area contributed by atoms with E-state index in [2.05, 4.69) is 55.7 Å². The van der Waals surface area contributed by atoms with Crippen LogP contribution in [0, 0.1) is 5.92 Å². The van der Waals surface area contributed by atoms with Gasteiger partial charge in [0.05, 0.1) is 6.04 Å². The van der Waals surface area contributed by atoms with Crippen LogP contribution in [0.5, 0.6) is 0 Å². The molecule has 1 heterocycles. The maximum atomic E-state index is 12.5. The van der Waals surface area contributed by atoms with Gasteiger partial charge in [0.15, 0.2) is 0 Å². The maximum Gasteiger partial charge on any atom is 0.324 e. The molecule has 24 heavy (non-hydrogen) atoms. The number of hydrogen-bond acceptors (Lipinski definition) is 3. The summed E-state index contributed by atoms with van der Waals surface area (Å²) in [6.07, 6.45) is 2.22. The molecule has 0 unspecified atom stereocenters. The molecule has 3 amide bonds. The van der Waals surface area contributed by atoms with E-state index in [4.69, 9.17) is 0 Å². The molecule has 1 fully saturated rings. The van der Waals surface area contributed by atoms with Gasteiger partial charge in [-0.25, -0.2) is 4.79 Å². The molecule has 0 aliphatic carbocycles. The van der Waals surface area contributed by atoms with E-state index in [1.54, 1.807) is 0 Å². The minimum absolute atomic E-state index is 0.0743. The van der Waals surface area contributed by atoms with Crippen LogP contribution in [0.1, 0.15) is 51.3 Å². The highest BCUT2D eigenvalue weighted by molar-refractivity contribution is 5.98. The van der Waals surface area contributed by atoms with E-state index in [1.165, 1.54) is 16.0 Å². The number of carbonyl (C=O) groups is 2. The summed E-state index contributed by atoms with van der Waals surface area (Å²) in [7, 11) is 0. The molecule has 132 valence electrons. The first-order valence-corrected chi connectivity index (χ1v) is 8.88. The van der Waals surface area contributed by atoms with Crippen molar-refractivity contribution < 1.29 is 9.59 Å². The first-order valence-electron chi connectivity index (χ1n) is 8.88. The lowest BCUT2D eigenvalue weighted by molar-refractivity contribution is -0.129. The van der Waals surface area contributed by atoms with Crippen LogP contribution < -0.4 is 10.6 Å². The highest BCUT2D eigenvalue weighted by Gasteiger charge is 2.31. The van der Waals surface area contributed by atoms with Crippen LogP contribution in [-0.4, -0.2) is 36.0 Å². The third-order valence-corrected chi connectivity index (χ3v) is 4.47. The topological polar surface area (TPSA) is 61.4 Å². The molecule has 1 aromatic carbocycles. The predicted octanol–water partition coefficient (Wildman–Crippen LogP) is 2.87. The van der Waals surface area contributed by atoms with E-state index in [9.17, 15) is 9.59 Å². The highest BCUT2D eigenvalue weighted by atomic mass is 16.2. The molecule has 0 radical (unpaired) electrons. The number of carbonyl (C=O) groups excluding carboxylic acids is 2. The first-order chi connectivity index (χ1) is 11.4. The van der Waals surface area contributed by atoms with Crippen molar-refractivity contribution in [3.8, 4) is 0 Å². The van der Waals surface area contributed by atoms with Crippen LogP contribution >= 0.6 is 0 Å². The Morgan fingerprint density at radius 1 is 1.25 bits per heavy atom. The van der Waals surface area contributed by atoms with Crippen LogP contribution in [0.25, 0.3) is 0 Å². The van der Waals surface area contributed by atoms with Crippen LogP contribution in [0.3, 0.4) is 0 Å². The highest BCUT2D eigenvalue weighted by Crippen LogP contribution is 2.23. The van der Waals surface area contributed by atoms with Gasteiger partial charge in [0, 0.05) is 19.1 Å². The molecule has 2 atom stereocenters. The molecule has 0 aromatic heterocycles. The molecule has 1 aliphatic rings. The maximum absolute atomic E-state index is 12.5. The number of hydrogen-bond donors (Lipinski definition) is 2. The second-order valence-corrected chi connectivity index (χ2v) is 6.82. The van der Waals surface area contributed by atoms with E-state index in [0.717, 1.165) is 12.8 Å². The Balaban J connectivity index is 2.07. The lowest BCUT2D eigenvalue weighted by Gasteiger charge is -2.28. The fourth-order valence-corrected chi connectivity index (χ4v) is 3.11. The van der Waals surface area contributed by atoms with E-state index in [-0.39, 0.29) is 18.0 Å². The van der Waals surface area contributed by atoms with Crippen LogP contribution in [0.4, 0.5) is 4.79 Å². The molecule has 0 saturated carbocycles. The number of nitrogens with zero attached hydrogens (tertiary/aromatic N) is 1. The zero-order valence-electron chi connectivity index (χ0n) is 15.1. The Morgan fingerprint density at radius 2 is 1.92 bits per heavy atom. The van der Waals surface area contributed by atoms with Crippen molar-refractivity contribution in [2.75, 3.05) is 13.1 Å². The molecule has 5 nitrogen and oxygen atoms in total. The predicted molar refractivity (Wildman–Crippen MR) is 95.7 cm³/mol. The molecular weight excluding hydrogens is 302 g/mol. The molecule has 0 bridgehead atoms. The Morgan fingerprint density at radius 3 is 2.42 bits per heavy atom. The minimum Gasteiger partial charge on any atom is -0.336 e. The van der Waals surface area contributed by atoms with Crippen LogP contribution in [0.2, 0.25) is 0 Å². The lowest BCUT2D eigenvalue weighted by Crippen LogP contribution is -2.47. The minimum atomic E-state index is -0.406. The number of benzene rings is 1. The fraction of sp³-hybridized carbons (Fsp3) is 0.579. The normalized spacial score (nSPS) is 17.0. The third-order valence-electron chi connectivity index (χ3n) is 4.47. The van der Waals surface area contributed by atoms with Crippen molar-refractivity contribution in [1.82, 2.24) is 15.5 Å². The van der Waals surface area contributed by atoms with Crippen molar-refractivity contribution in [2.24, 2.45) is 5.92 Å². The second-order valence-electron chi connectivity index (χ2n) is 6.82. The van der Waals surface area contributed by atoms with Gasteiger partial charge in [-0.3, -0.25) is 15.0 Å². The Hall–Kier alpha value is -1.88. The molecule has 1 saturated heterocycles. The Bertz CT molecular complexity index is 568. The molecule has 2 N–H and O–H groups in total. The van der Waals surface area contributed by atoms with Gasteiger partial charge in [0.1, 0.15) is 0 Å².